The van der Waals surface area contributed by atoms with E-state index in [-0.39, 0.29) is 17.7 Å². The monoisotopic (exact) mass is 430 g/mol. The van der Waals surface area contributed by atoms with E-state index in [1.807, 2.05) is 24.6 Å². The maximum absolute atomic E-state index is 13.4. The second-order valence-electron chi connectivity index (χ2n) is 7.33. The molecular weight excluding hydrogens is 409 g/mol. The van der Waals surface area contributed by atoms with Crippen LogP contribution in [0.25, 0.3) is 0 Å². The number of carbonyl (C=O) groups excluding carboxylic acids is 1. The normalized spacial score (nSPS) is 13.6. The van der Waals surface area contributed by atoms with Crippen LogP contribution in [0.4, 0.5) is 24.8 Å². The lowest BCUT2D eigenvalue weighted by Gasteiger charge is -2.18. The Labute approximate surface area is 176 Å². The van der Waals surface area contributed by atoms with Gasteiger partial charge in [0.15, 0.2) is 0 Å². The van der Waals surface area contributed by atoms with Crippen molar-refractivity contribution in [2.45, 2.75) is 32.5 Å². The van der Waals surface area contributed by atoms with E-state index in [1.165, 1.54) is 17.0 Å². The van der Waals surface area contributed by atoms with Crippen molar-refractivity contribution in [3.63, 3.8) is 0 Å². The van der Waals surface area contributed by atoms with Crippen LogP contribution in [0.1, 0.15) is 39.8 Å². The summed E-state index contributed by atoms with van der Waals surface area (Å²) in [7, 11) is 1.86. The Bertz CT molecular complexity index is 1120. The van der Waals surface area contributed by atoms with Crippen LogP contribution in [-0.4, -0.2) is 32.2 Å². The van der Waals surface area contributed by atoms with Crippen molar-refractivity contribution in [1.82, 2.24) is 19.7 Å². The molecule has 1 aromatic carbocycles. The fraction of sp³-hybridized carbons (Fsp3) is 0.333. The predicted octanol–water partition coefficient (Wildman–Crippen LogP) is 3.61. The number of halogens is 3. The Kier molecular flexibility index (Phi) is 5.38. The number of hydrogen-bond donors (Lipinski definition) is 1. The SMILES string of the molecule is CCNc1cc(CCc2nncn2C)cc(N2Cc3c(cccc3C(F)(F)F)C2=O)n1. The first-order valence-corrected chi connectivity index (χ1v) is 9.86. The minimum absolute atomic E-state index is 0.0173. The zero-order valence-corrected chi connectivity index (χ0v) is 17.1. The van der Waals surface area contributed by atoms with Gasteiger partial charge in [-0.3, -0.25) is 9.69 Å². The van der Waals surface area contributed by atoms with Crippen LogP contribution in [0.3, 0.4) is 0 Å². The van der Waals surface area contributed by atoms with Crippen LogP contribution in [0.5, 0.6) is 0 Å². The summed E-state index contributed by atoms with van der Waals surface area (Å²) in [5, 5.41) is 11.1. The molecule has 1 aliphatic heterocycles. The molecule has 0 saturated carbocycles. The number of carbonyl (C=O) groups is 1. The highest BCUT2D eigenvalue weighted by Crippen LogP contribution is 2.38. The van der Waals surface area contributed by atoms with Crippen LogP contribution < -0.4 is 10.2 Å². The molecule has 4 rings (SSSR count). The van der Waals surface area contributed by atoms with Gasteiger partial charge in [-0.15, -0.1) is 10.2 Å². The van der Waals surface area contributed by atoms with Crippen LogP contribution in [0.15, 0.2) is 36.7 Å². The highest BCUT2D eigenvalue weighted by molar-refractivity contribution is 6.10. The summed E-state index contributed by atoms with van der Waals surface area (Å²) in [5.41, 5.74) is 0.150. The number of hydrogen-bond acceptors (Lipinski definition) is 5. The number of nitrogens with zero attached hydrogens (tertiary/aromatic N) is 5. The lowest BCUT2D eigenvalue weighted by Crippen LogP contribution is -2.24. The number of pyridine rings is 1. The summed E-state index contributed by atoms with van der Waals surface area (Å²) in [6.07, 6.45) is -1.67. The number of aromatic nitrogens is 4. The lowest BCUT2D eigenvalue weighted by atomic mass is 10.0. The van der Waals surface area contributed by atoms with Gasteiger partial charge in [0.2, 0.25) is 0 Å². The topological polar surface area (TPSA) is 75.9 Å². The molecule has 0 bridgehead atoms. The van der Waals surface area contributed by atoms with Gasteiger partial charge in [0.25, 0.3) is 5.91 Å². The van der Waals surface area contributed by atoms with Gasteiger partial charge in [0.05, 0.1) is 12.1 Å². The van der Waals surface area contributed by atoms with Crippen molar-refractivity contribution in [1.29, 1.82) is 0 Å². The second-order valence-corrected chi connectivity index (χ2v) is 7.33. The molecular formula is C21H21F3N6O. The van der Waals surface area contributed by atoms with E-state index in [4.69, 9.17) is 0 Å². The third-order valence-corrected chi connectivity index (χ3v) is 5.22. The quantitative estimate of drug-likeness (QED) is 0.647. The number of fused-ring (bicyclic) bond motifs is 1. The third kappa shape index (κ3) is 4.10. The number of anilines is 2. The third-order valence-electron chi connectivity index (χ3n) is 5.22. The number of nitrogens with one attached hydrogen (secondary N) is 1. The molecule has 0 radical (unpaired) electrons. The van der Waals surface area contributed by atoms with Crippen LogP contribution >= 0.6 is 0 Å². The maximum atomic E-state index is 13.4. The smallest absolute Gasteiger partial charge is 0.370 e. The Morgan fingerprint density at radius 1 is 1.19 bits per heavy atom. The van der Waals surface area contributed by atoms with Gasteiger partial charge in [-0.25, -0.2) is 4.98 Å². The van der Waals surface area contributed by atoms with Crippen molar-refractivity contribution < 1.29 is 18.0 Å². The summed E-state index contributed by atoms with van der Waals surface area (Å²) in [4.78, 5) is 18.7. The molecule has 10 heteroatoms. The predicted molar refractivity (Wildman–Crippen MR) is 109 cm³/mol. The molecule has 0 saturated heterocycles. The van der Waals surface area contributed by atoms with Crippen molar-refractivity contribution in [2.75, 3.05) is 16.8 Å². The molecule has 31 heavy (non-hydrogen) atoms. The van der Waals surface area contributed by atoms with Crippen LogP contribution in [-0.2, 0) is 32.6 Å². The van der Waals surface area contributed by atoms with E-state index in [2.05, 4.69) is 20.5 Å². The lowest BCUT2D eigenvalue weighted by molar-refractivity contribution is -0.138. The molecule has 0 aliphatic carbocycles. The van der Waals surface area contributed by atoms with Gasteiger partial charge in [-0.1, -0.05) is 6.07 Å². The molecule has 0 unspecified atom stereocenters. The molecule has 0 atom stereocenters. The van der Waals surface area contributed by atoms with Gasteiger partial charge in [-0.05, 0) is 48.7 Å². The molecule has 1 N–H and O–H groups in total. The van der Waals surface area contributed by atoms with Crippen molar-refractivity contribution in [3.05, 3.63) is 64.7 Å². The standard InChI is InChI=1S/C21H21F3N6O/c1-3-25-17-9-13(7-8-18-28-26-12-29(18)2)10-19(27-17)30-11-15-14(20(30)31)5-4-6-16(15)21(22,23)24/h4-6,9-10,12H,3,7-8,11H2,1-2H3,(H,25,27). The Morgan fingerprint density at radius 2 is 2.00 bits per heavy atom. The van der Waals surface area contributed by atoms with Gasteiger partial charge in [0.1, 0.15) is 23.8 Å². The van der Waals surface area contributed by atoms with E-state index in [0.29, 0.717) is 31.0 Å². The largest absolute Gasteiger partial charge is 0.416 e. The Morgan fingerprint density at radius 3 is 2.68 bits per heavy atom. The highest BCUT2D eigenvalue weighted by atomic mass is 19.4. The second kappa shape index (κ2) is 8.01. The molecule has 2 aromatic heterocycles. The molecule has 0 spiro atoms. The van der Waals surface area contributed by atoms with Crippen LogP contribution in [0.2, 0.25) is 0 Å². The minimum atomic E-state index is -4.53. The molecule has 0 fully saturated rings. The zero-order valence-electron chi connectivity index (χ0n) is 17.1. The summed E-state index contributed by atoms with van der Waals surface area (Å²) in [6, 6.07) is 7.31. The first-order valence-electron chi connectivity index (χ1n) is 9.86. The summed E-state index contributed by atoms with van der Waals surface area (Å²) in [5.74, 6) is 1.21. The number of aryl methyl sites for hydroxylation is 3. The number of alkyl halides is 3. The van der Waals surface area contributed by atoms with E-state index in [0.717, 1.165) is 17.5 Å². The number of benzene rings is 1. The fourth-order valence-electron chi connectivity index (χ4n) is 3.70. The average Bonchev–Trinajstić information content (AvgIpc) is 3.28. The van der Waals surface area contributed by atoms with Crippen molar-refractivity contribution in [2.24, 2.45) is 7.05 Å². The summed E-state index contributed by atoms with van der Waals surface area (Å²) < 4.78 is 42.1. The summed E-state index contributed by atoms with van der Waals surface area (Å²) in [6.45, 7) is 2.36. The van der Waals surface area contributed by atoms with Gasteiger partial charge in [-0.2, -0.15) is 13.2 Å². The number of rotatable bonds is 6. The highest BCUT2D eigenvalue weighted by Gasteiger charge is 2.40. The molecule has 7 nitrogen and oxygen atoms in total. The van der Waals surface area contributed by atoms with Crippen LogP contribution in [0, 0.1) is 0 Å². The molecule has 1 aliphatic rings. The van der Waals surface area contributed by atoms with E-state index in [9.17, 15) is 18.0 Å². The van der Waals surface area contributed by atoms with Gasteiger partial charge in [0, 0.05) is 25.6 Å². The van der Waals surface area contributed by atoms with Gasteiger partial charge < -0.3 is 9.88 Å². The fourth-order valence-corrected chi connectivity index (χ4v) is 3.70. The maximum Gasteiger partial charge on any atom is 0.416 e. The summed E-state index contributed by atoms with van der Waals surface area (Å²) >= 11 is 0. The Hall–Kier alpha value is -3.43. The first-order chi connectivity index (χ1) is 14.8. The van der Waals surface area contributed by atoms with E-state index >= 15 is 0 Å². The van der Waals surface area contributed by atoms with E-state index in [1.54, 1.807) is 12.4 Å². The van der Waals surface area contributed by atoms with E-state index < -0.39 is 17.6 Å². The minimum Gasteiger partial charge on any atom is -0.370 e. The molecule has 162 valence electrons. The molecule has 3 heterocycles. The zero-order chi connectivity index (χ0) is 22.2. The van der Waals surface area contributed by atoms with Crippen molar-refractivity contribution in [3.8, 4) is 0 Å². The molecule has 1 amide bonds. The van der Waals surface area contributed by atoms with Crippen molar-refractivity contribution >= 4 is 17.5 Å². The first kappa shape index (κ1) is 20.8. The van der Waals surface area contributed by atoms with Gasteiger partial charge >= 0.3 is 6.18 Å². The average molecular weight is 430 g/mol. The Balaban J connectivity index is 1.66. The molecule has 3 aromatic rings. The number of amides is 1.